The molecule has 98 heavy (non-hydrogen) atoms. The zero-order valence-electron chi connectivity index (χ0n) is 61.3. The van der Waals surface area contributed by atoms with E-state index in [9.17, 15) is 61.0 Å². The molecule has 1 amide bonds. The molecule has 3 aliphatic heterocycles. The fraction of sp³-hybridized carbons (Fsp3) is 0.886. The summed E-state index contributed by atoms with van der Waals surface area (Å²) in [5, 5.41) is 121. The van der Waals surface area contributed by atoms with Crippen LogP contribution in [0.15, 0.2) is 48.6 Å². The van der Waals surface area contributed by atoms with Gasteiger partial charge in [-0.1, -0.05) is 287 Å². The largest absolute Gasteiger partial charge is 0.394 e. The highest BCUT2D eigenvalue weighted by atomic mass is 16.8. The number of carbonyl (C=O) groups is 1. The highest BCUT2D eigenvalue weighted by Gasteiger charge is 2.54. The van der Waals surface area contributed by atoms with Crippen LogP contribution in [-0.2, 0) is 33.2 Å². The van der Waals surface area contributed by atoms with Gasteiger partial charge < -0.3 is 89.9 Å². The van der Waals surface area contributed by atoms with E-state index in [2.05, 4.69) is 55.6 Å². The van der Waals surface area contributed by atoms with Crippen molar-refractivity contribution >= 4 is 5.91 Å². The summed E-state index contributed by atoms with van der Waals surface area (Å²) in [4.78, 5) is 13.4. The molecule has 0 aromatic carbocycles. The number of rotatable bonds is 63. The topological polar surface area (TPSA) is 307 Å². The van der Waals surface area contributed by atoms with E-state index >= 15 is 0 Å². The van der Waals surface area contributed by atoms with Crippen LogP contribution in [0, 0.1) is 0 Å². The molecule has 17 atom stereocenters. The number of hydrogen-bond donors (Lipinski definition) is 12. The molecule has 17 unspecified atom stereocenters. The summed E-state index contributed by atoms with van der Waals surface area (Å²) >= 11 is 0. The highest BCUT2D eigenvalue weighted by Crippen LogP contribution is 2.33. The first-order chi connectivity index (χ1) is 47.8. The zero-order chi connectivity index (χ0) is 71.1. The van der Waals surface area contributed by atoms with Gasteiger partial charge in [0.05, 0.1) is 38.6 Å². The minimum Gasteiger partial charge on any atom is -0.394 e. The van der Waals surface area contributed by atoms with Gasteiger partial charge in [0, 0.05) is 6.42 Å². The van der Waals surface area contributed by atoms with Gasteiger partial charge >= 0.3 is 0 Å². The first-order valence-electron chi connectivity index (χ1n) is 39.9. The second-order valence-corrected chi connectivity index (χ2v) is 28.5. The Labute approximate surface area is 593 Å². The summed E-state index contributed by atoms with van der Waals surface area (Å²) in [6.07, 6.45) is 48.5. The lowest BCUT2D eigenvalue weighted by atomic mass is 9.96. The standard InChI is InChI=1S/C79H145NO18/c1-3-5-7-9-11-13-15-17-19-21-22-23-24-25-26-27-28-29-30-31-32-33-34-35-36-37-38-39-40-41-43-45-47-49-51-53-55-57-67(85)80-62(63(84)56-54-52-50-48-46-44-42-20-18-16-14-12-10-8-6-4-2)61-93-77-73(91)70(88)75(65(59-82)95-77)98-79-74(92)71(89)76(66(60-83)96-79)97-78-72(90)69(87)68(86)64(58-81)94-78/h18,20-22,46,48,54,56,62-66,68-79,81-84,86-92H,3-17,19,23-45,47,49-53,55,57-61H2,1-2H3,(H,80,85)/b20-18+,22-21-,48-46+,56-54+. The second kappa shape index (κ2) is 60.1. The van der Waals surface area contributed by atoms with Crippen LogP contribution in [0.2, 0.25) is 0 Å². The molecule has 0 saturated carbocycles. The number of amides is 1. The predicted molar refractivity (Wildman–Crippen MR) is 388 cm³/mol. The van der Waals surface area contributed by atoms with Crippen molar-refractivity contribution in [3.63, 3.8) is 0 Å². The SMILES string of the molecule is CCCCCCCC/C=C/CC/C=C/CC/C=C/C(O)C(COC1OC(CO)C(OC2OC(CO)C(OC3OC(CO)C(O)C(O)C3O)C(O)C2O)C(O)C1O)NC(=O)CCCCCCCCCCCCCCCCCCCCCCCCCCC/C=C\CCCCCCCCCC. The van der Waals surface area contributed by atoms with Crippen LogP contribution in [0.25, 0.3) is 0 Å². The molecule has 3 aliphatic rings. The number of ether oxygens (including phenoxy) is 6. The van der Waals surface area contributed by atoms with Crippen LogP contribution < -0.4 is 5.32 Å². The molecule has 0 bridgehead atoms. The number of allylic oxidation sites excluding steroid dienone is 7. The number of carbonyl (C=O) groups excluding carboxylic acids is 1. The monoisotopic (exact) mass is 1400 g/mol. The molecule has 19 nitrogen and oxygen atoms in total. The van der Waals surface area contributed by atoms with E-state index in [0.717, 1.165) is 44.9 Å². The van der Waals surface area contributed by atoms with Crippen molar-refractivity contribution in [3.8, 4) is 0 Å². The molecule has 3 fully saturated rings. The van der Waals surface area contributed by atoms with E-state index < -0.39 is 124 Å². The van der Waals surface area contributed by atoms with Gasteiger partial charge in [-0.3, -0.25) is 4.79 Å². The number of nitrogens with one attached hydrogen (secondary N) is 1. The Hall–Kier alpha value is -2.25. The molecule has 0 aromatic heterocycles. The quantitative estimate of drug-likeness (QED) is 0.0199. The molecule has 0 aromatic rings. The Balaban J connectivity index is 1.32. The number of hydrogen-bond acceptors (Lipinski definition) is 18. The Morgan fingerprint density at radius 3 is 1.02 bits per heavy atom. The maximum atomic E-state index is 13.4. The molecule has 0 spiro atoms. The predicted octanol–water partition coefficient (Wildman–Crippen LogP) is 12.9. The molecule has 3 saturated heterocycles. The van der Waals surface area contributed by atoms with Crippen LogP contribution in [0.3, 0.4) is 0 Å². The summed E-state index contributed by atoms with van der Waals surface area (Å²) in [5.74, 6) is -0.285. The Kier molecular flexibility index (Phi) is 55.1. The van der Waals surface area contributed by atoms with Crippen molar-refractivity contribution in [2.75, 3.05) is 26.4 Å². The normalized spacial score (nSPS) is 27.0. The lowest BCUT2D eigenvalue weighted by Crippen LogP contribution is -2.66. The average Bonchev–Trinajstić information content (AvgIpc) is 0.785. The molecule has 574 valence electrons. The van der Waals surface area contributed by atoms with Crippen molar-refractivity contribution in [1.29, 1.82) is 0 Å². The van der Waals surface area contributed by atoms with Crippen LogP contribution in [0.4, 0.5) is 0 Å². The average molecular weight is 1400 g/mol. The van der Waals surface area contributed by atoms with Gasteiger partial charge in [-0.05, 0) is 70.6 Å². The van der Waals surface area contributed by atoms with E-state index in [1.807, 2.05) is 6.08 Å². The zero-order valence-corrected chi connectivity index (χ0v) is 61.3. The third-order valence-corrected chi connectivity index (χ3v) is 19.8. The Morgan fingerprint density at radius 1 is 0.357 bits per heavy atom. The fourth-order valence-electron chi connectivity index (χ4n) is 13.4. The maximum absolute atomic E-state index is 13.4. The van der Waals surface area contributed by atoms with E-state index in [1.54, 1.807) is 6.08 Å². The molecule has 12 N–H and O–H groups in total. The molecule has 0 aliphatic carbocycles. The second-order valence-electron chi connectivity index (χ2n) is 28.5. The smallest absolute Gasteiger partial charge is 0.220 e. The fourth-order valence-corrected chi connectivity index (χ4v) is 13.4. The lowest BCUT2D eigenvalue weighted by Gasteiger charge is -2.48. The highest BCUT2D eigenvalue weighted by molar-refractivity contribution is 5.76. The van der Waals surface area contributed by atoms with Gasteiger partial charge in [-0.15, -0.1) is 0 Å². The number of aliphatic hydroxyl groups excluding tert-OH is 11. The van der Waals surface area contributed by atoms with E-state index in [4.69, 9.17) is 28.4 Å². The van der Waals surface area contributed by atoms with Crippen LogP contribution in [0.5, 0.6) is 0 Å². The molecular weight excluding hydrogens is 1250 g/mol. The van der Waals surface area contributed by atoms with Gasteiger partial charge in [0.15, 0.2) is 18.9 Å². The molecular formula is C79H145NO18. The minimum absolute atomic E-state index is 0.235. The molecule has 3 heterocycles. The van der Waals surface area contributed by atoms with Gasteiger partial charge in [0.25, 0.3) is 0 Å². The third-order valence-electron chi connectivity index (χ3n) is 19.8. The first-order valence-corrected chi connectivity index (χ1v) is 39.9. The summed E-state index contributed by atoms with van der Waals surface area (Å²) < 4.78 is 34.4. The van der Waals surface area contributed by atoms with Crippen LogP contribution in [-0.4, -0.2) is 193 Å². The summed E-state index contributed by atoms with van der Waals surface area (Å²) in [7, 11) is 0. The first kappa shape index (κ1) is 90.0. The summed E-state index contributed by atoms with van der Waals surface area (Å²) in [6.45, 7) is 1.72. The minimum atomic E-state index is -1.98. The van der Waals surface area contributed by atoms with Crippen molar-refractivity contribution in [3.05, 3.63) is 48.6 Å². The molecule has 3 rings (SSSR count). The van der Waals surface area contributed by atoms with Gasteiger partial charge in [-0.2, -0.15) is 0 Å². The van der Waals surface area contributed by atoms with Crippen molar-refractivity contribution in [1.82, 2.24) is 5.32 Å². The summed E-state index contributed by atoms with van der Waals surface area (Å²) in [5.41, 5.74) is 0. The van der Waals surface area contributed by atoms with E-state index in [-0.39, 0.29) is 18.9 Å². The van der Waals surface area contributed by atoms with Crippen molar-refractivity contribution in [2.45, 2.75) is 420 Å². The van der Waals surface area contributed by atoms with Gasteiger partial charge in [-0.25, -0.2) is 0 Å². The summed E-state index contributed by atoms with van der Waals surface area (Å²) in [6, 6.07) is -0.996. The molecule has 19 heteroatoms. The van der Waals surface area contributed by atoms with Crippen LogP contribution in [0.1, 0.15) is 316 Å². The third kappa shape index (κ3) is 40.1. The Morgan fingerprint density at radius 2 is 0.653 bits per heavy atom. The molecule has 0 radical (unpaired) electrons. The van der Waals surface area contributed by atoms with Crippen molar-refractivity contribution < 1.29 is 89.4 Å². The van der Waals surface area contributed by atoms with Crippen molar-refractivity contribution in [2.24, 2.45) is 0 Å². The van der Waals surface area contributed by atoms with E-state index in [1.165, 1.54) is 238 Å². The van der Waals surface area contributed by atoms with Gasteiger partial charge in [0.1, 0.15) is 73.2 Å². The number of unbranched alkanes of at least 4 members (excludes halogenated alkanes) is 41. The van der Waals surface area contributed by atoms with Crippen LogP contribution >= 0.6 is 0 Å². The number of aliphatic hydroxyl groups is 11. The van der Waals surface area contributed by atoms with Gasteiger partial charge in [0.2, 0.25) is 5.91 Å². The Bertz CT molecular complexity index is 1960. The lowest BCUT2D eigenvalue weighted by molar-refractivity contribution is -0.379. The van der Waals surface area contributed by atoms with E-state index in [0.29, 0.717) is 12.8 Å². The maximum Gasteiger partial charge on any atom is 0.220 e.